The fourth-order valence-corrected chi connectivity index (χ4v) is 2.65. The highest BCUT2D eigenvalue weighted by molar-refractivity contribution is 6.09. The summed E-state index contributed by atoms with van der Waals surface area (Å²) >= 11 is 0. The van der Waals surface area contributed by atoms with Crippen LogP contribution >= 0.6 is 0 Å². The summed E-state index contributed by atoms with van der Waals surface area (Å²) < 4.78 is 32.2. The summed E-state index contributed by atoms with van der Waals surface area (Å²) in [4.78, 5) is 0. The third kappa shape index (κ3) is 1.82. The average molecular weight is 280 g/mol. The second-order valence-electron chi connectivity index (χ2n) is 4.94. The first-order valence-electron chi connectivity index (χ1n) is 6.58. The van der Waals surface area contributed by atoms with E-state index in [0.29, 0.717) is 5.56 Å². The topological polar surface area (TPSA) is 13.1 Å². The molecule has 0 atom stereocenters. The van der Waals surface area contributed by atoms with E-state index in [-0.39, 0.29) is 0 Å². The molecule has 0 spiro atoms. The van der Waals surface area contributed by atoms with E-state index in [1.807, 2.05) is 36.4 Å². The van der Waals surface area contributed by atoms with Crippen molar-refractivity contribution in [3.05, 3.63) is 72.5 Å². The van der Waals surface area contributed by atoms with Gasteiger partial charge in [-0.25, -0.2) is 8.78 Å². The Morgan fingerprint density at radius 3 is 2.48 bits per heavy atom. The third-order valence-electron chi connectivity index (χ3n) is 3.70. The lowest BCUT2D eigenvalue weighted by atomic mass is 10.0. The first-order valence-corrected chi connectivity index (χ1v) is 6.58. The van der Waals surface area contributed by atoms with Gasteiger partial charge in [-0.2, -0.15) is 0 Å². The van der Waals surface area contributed by atoms with Crippen LogP contribution < -0.4 is 0 Å². The SMILES string of the molecule is Fc1ccc(-c2coc3c2ccc2ccccc23)cc1F. The van der Waals surface area contributed by atoms with Crippen molar-refractivity contribution >= 4 is 21.7 Å². The molecule has 3 heteroatoms. The van der Waals surface area contributed by atoms with E-state index in [2.05, 4.69) is 0 Å². The van der Waals surface area contributed by atoms with Crippen LogP contribution in [-0.2, 0) is 0 Å². The van der Waals surface area contributed by atoms with Gasteiger partial charge in [0.15, 0.2) is 11.6 Å². The van der Waals surface area contributed by atoms with E-state index in [1.54, 1.807) is 12.3 Å². The van der Waals surface area contributed by atoms with Crippen LogP contribution in [0.2, 0.25) is 0 Å². The quantitative estimate of drug-likeness (QED) is 0.446. The van der Waals surface area contributed by atoms with Crippen molar-refractivity contribution in [3.8, 4) is 11.1 Å². The van der Waals surface area contributed by atoms with Gasteiger partial charge in [-0.3, -0.25) is 0 Å². The molecule has 0 fully saturated rings. The third-order valence-corrected chi connectivity index (χ3v) is 3.70. The minimum Gasteiger partial charge on any atom is -0.463 e. The Morgan fingerprint density at radius 2 is 1.62 bits per heavy atom. The van der Waals surface area contributed by atoms with E-state index in [4.69, 9.17) is 4.42 Å². The van der Waals surface area contributed by atoms with Crippen molar-refractivity contribution in [1.82, 2.24) is 0 Å². The number of furan rings is 1. The number of hydrogen-bond donors (Lipinski definition) is 0. The van der Waals surface area contributed by atoms with Gasteiger partial charge >= 0.3 is 0 Å². The zero-order valence-corrected chi connectivity index (χ0v) is 10.9. The second-order valence-corrected chi connectivity index (χ2v) is 4.94. The summed E-state index contributed by atoms with van der Waals surface area (Å²) in [6, 6.07) is 15.7. The molecule has 1 heterocycles. The molecule has 102 valence electrons. The molecule has 1 nitrogen and oxygen atoms in total. The molecule has 0 bridgehead atoms. The van der Waals surface area contributed by atoms with E-state index in [0.717, 1.165) is 33.4 Å². The van der Waals surface area contributed by atoms with Gasteiger partial charge in [-0.05, 0) is 29.1 Å². The maximum Gasteiger partial charge on any atom is 0.159 e. The molecule has 4 aromatic rings. The van der Waals surface area contributed by atoms with Crippen LogP contribution in [0.3, 0.4) is 0 Å². The van der Waals surface area contributed by atoms with Crippen LogP contribution in [0.5, 0.6) is 0 Å². The van der Waals surface area contributed by atoms with Crippen molar-refractivity contribution in [2.75, 3.05) is 0 Å². The Bertz CT molecular complexity index is 969. The highest BCUT2D eigenvalue weighted by Gasteiger charge is 2.12. The van der Waals surface area contributed by atoms with Crippen LogP contribution in [0.4, 0.5) is 8.78 Å². The number of hydrogen-bond acceptors (Lipinski definition) is 1. The Hall–Kier alpha value is -2.68. The predicted octanol–water partition coefficient (Wildman–Crippen LogP) is 5.53. The molecule has 0 radical (unpaired) electrons. The molecular weight excluding hydrogens is 270 g/mol. The van der Waals surface area contributed by atoms with Gasteiger partial charge in [0.2, 0.25) is 0 Å². The van der Waals surface area contributed by atoms with Gasteiger partial charge in [-0.15, -0.1) is 0 Å². The van der Waals surface area contributed by atoms with E-state index in [1.165, 1.54) is 6.07 Å². The highest BCUT2D eigenvalue weighted by Crippen LogP contribution is 2.35. The summed E-state index contributed by atoms with van der Waals surface area (Å²) in [5.74, 6) is -1.71. The summed E-state index contributed by atoms with van der Waals surface area (Å²) in [5, 5.41) is 2.97. The van der Waals surface area contributed by atoms with E-state index < -0.39 is 11.6 Å². The molecule has 0 unspecified atom stereocenters. The molecule has 0 N–H and O–H groups in total. The molecule has 0 aliphatic heterocycles. The Kier molecular flexibility index (Phi) is 2.54. The Morgan fingerprint density at radius 1 is 0.762 bits per heavy atom. The zero-order valence-electron chi connectivity index (χ0n) is 10.9. The normalized spacial score (nSPS) is 11.3. The number of halogens is 2. The summed E-state index contributed by atoms with van der Waals surface area (Å²) in [6.45, 7) is 0. The molecule has 0 aliphatic carbocycles. The molecule has 4 rings (SSSR count). The van der Waals surface area contributed by atoms with Crippen LogP contribution in [0, 0.1) is 11.6 Å². The molecule has 1 aromatic heterocycles. The second kappa shape index (κ2) is 4.42. The molecule has 3 aromatic carbocycles. The van der Waals surface area contributed by atoms with Crippen molar-refractivity contribution in [3.63, 3.8) is 0 Å². The number of rotatable bonds is 1. The van der Waals surface area contributed by atoms with Crippen LogP contribution in [0.1, 0.15) is 0 Å². The summed E-state index contributed by atoms with van der Waals surface area (Å²) in [6.07, 6.45) is 1.59. The van der Waals surface area contributed by atoms with E-state index >= 15 is 0 Å². The average Bonchev–Trinajstić information content (AvgIpc) is 2.94. The van der Waals surface area contributed by atoms with Gasteiger partial charge in [0.05, 0.1) is 6.26 Å². The van der Waals surface area contributed by atoms with E-state index in [9.17, 15) is 8.78 Å². The highest BCUT2D eigenvalue weighted by atomic mass is 19.2. The number of benzene rings is 3. The maximum atomic E-state index is 13.4. The van der Waals surface area contributed by atoms with Gasteiger partial charge in [0.25, 0.3) is 0 Å². The fourth-order valence-electron chi connectivity index (χ4n) is 2.65. The summed E-state index contributed by atoms with van der Waals surface area (Å²) in [7, 11) is 0. The van der Waals surface area contributed by atoms with Crippen molar-refractivity contribution in [2.45, 2.75) is 0 Å². The first-order chi connectivity index (χ1) is 10.2. The summed E-state index contributed by atoms with van der Waals surface area (Å²) in [5.41, 5.74) is 2.12. The van der Waals surface area contributed by atoms with Gasteiger partial charge in [-0.1, -0.05) is 36.4 Å². The minimum atomic E-state index is -0.859. The molecule has 0 aliphatic rings. The molecule has 21 heavy (non-hydrogen) atoms. The predicted molar refractivity (Wildman–Crippen MR) is 79.1 cm³/mol. The lowest BCUT2D eigenvalue weighted by molar-refractivity contribution is 0.509. The van der Waals surface area contributed by atoms with Crippen molar-refractivity contribution in [1.29, 1.82) is 0 Å². The first kappa shape index (κ1) is 12.1. The van der Waals surface area contributed by atoms with Crippen molar-refractivity contribution < 1.29 is 13.2 Å². The molecule has 0 saturated heterocycles. The van der Waals surface area contributed by atoms with Crippen LogP contribution in [-0.4, -0.2) is 0 Å². The molecular formula is C18H10F2O. The Balaban J connectivity index is 2.02. The monoisotopic (exact) mass is 280 g/mol. The van der Waals surface area contributed by atoms with Crippen LogP contribution in [0.15, 0.2) is 65.3 Å². The maximum absolute atomic E-state index is 13.4. The van der Waals surface area contributed by atoms with Crippen LogP contribution in [0.25, 0.3) is 32.9 Å². The standard InChI is InChI=1S/C18H10F2O/c19-16-8-6-12(9-17(16)20)15-10-21-18-13-4-2-1-3-11(13)5-7-14(15)18/h1-10H. The molecule has 0 saturated carbocycles. The lowest BCUT2D eigenvalue weighted by Crippen LogP contribution is -1.84. The lowest BCUT2D eigenvalue weighted by Gasteiger charge is -2.01. The fraction of sp³-hybridized carbons (Fsp3) is 0. The van der Waals surface area contributed by atoms with Gasteiger partial charge in [0.1, 0.15) is 5.58 Å². The zero-order chi connectivity index (χ0) is 14.4. The Labute approximate surface area is 119 Å². The van der Waals surface area contributed by atoms with Gasteiger partial charge < -0.3 is 4.42 Å². The number of fused-ring (bicyclic) bond motifs is 3. The minimum absolute atomic E-state index is 0.600. The smallest absolute Gasteiger partial charge is 0.159 e. The largest absolute Gasteiger partial charge is 0.463 e. The molecule has 0 amide bonds. The van der Waals surface area contributed by atoms with Crippen molar-refractivity contribution in [2.24, 2.45) is 0 Å². The van der Waals surface area contributed by atoms with Gasteiger partial charge in [0, 0.05) is 16.3 Å².